The van der Waals surface area contributed by atoms with Crippen molar-refractivity contribution >= 4 is 34.8 Å². The number of halogens is 1. The summed E-state index contributed by atoms with van der Waals surface area (Å²) in [5, 5.41) is 5.82. The Hall–Kier alpha value is -3.78. The average molecular weight is 456 g/mol. The number of ether oxygens (including phenoxy) is 2. The molecule has 0 aliphatic rings. The Bertz CT molecular complexity index is 1210. The monoisotopic (exact) mass is 455 g/mol. The Morgan fingerprint density at radius 2 is 1.66 bits per heavy atom. The number of carbonyl (C=O) groups excluding carboxylic acids is 2. The van der Waals surface area contributed by atoms with Crippen molar-refractivity contribution in [3.8, 4) is 11.5 Å². The maximum Gasteiger partial charge on any atom is 0.255 e. The van der Waals surface area contributed by atoms with Gasteiger partial charge in [0, 0.05) is 35.6 Å². The predicted molar refractivity (Wildman–Crippen MR) is 123 cm³/mol. The molecule has 2 aromatic carbocycles. The summed E-state index contributed by atoms with van der Waals surface area (Å²) in [6.45, 7) is 1.73. The summed E-state index contributed by atoms with van der Waals surface area (Å²) in [5.41, 5.74) is 1.89. The third-order valence-corrected chi connectivity index (χ3v) is 4.89. The van der Waals surface area contributed by atoms with Crippen LogP contribution in [0.2, 0.25) is 5.02 Å². The zero-order valence-electron chi connectivity index (χ0n) is 17.8. The van der Waals surface area contributed by atoms with Crippen LogP contribution in [0, 0.1) is 6.92 Å². The lowest BCUT2D eigenvalue weighted by Gasteiger charge is -2.13. The number of nitrogens with zero attached hydrogens (tertiary/aromatic N) is 1. The molecule has 1 aromatic heterocycles. The highest BCUT2D eigenvalue weighted by molar-refractivity contribution is 6.32. The van der Waals surface area contributed by atoms with Gasteiger partial charge in [0.25, 0.3) is 11.5 Å². The molecular formula is C23H22ClN3O5. The molecule has 1 heterocycles. The van der Waals surface area contributed by atoms with Gasteiger partial charge in [-0.25, -0.2) is 0 Å². The SMILES string of the molecule is COc1cc(NC(=O)c2ccc(NC(=O)Cn3cc(C)ccc3=O)cc2)c(OC)cc1Cl. The van der Waals surface area contributed by atoms with Gasteiger partial charge in [-0.05, 0) is 36.8 Å². The van der Waals surface area contributed by atoms with Crippen molar-refractivity contribution in [1.29, 1.82) is 0 Å². The molecule has 0 fully saturated rings. The summed E-state index contributed by atoms with van der Waals surface area (Å²) in [4.78, 5) is 36.8. The molecule has 0 unspecified atom stereocenters. The van der Waals surface area contributed by atoms with Crippen molar-refractivity contribution in [2.75, 3.05) is 24.9 Å². The second-order valence-electron chi connectivity index (χ2n) is 6.94. The van der Waals surface area contributed by atoms with E-state index in [0.29, 0.717) is 33.5 Å². The van der Waals surface area contributed by atoms with Crippen LogP contribution in [0.25, 0.3) is 0 Å². The first kappa shape index (κ1) is 22.9. The largest absolute Gasteiger partial charge is 0.495 e. The number of aryl methyl sites for hydroxylation is 1. The van der Waals surface area contributed by atoms with E-state index in [2.05, 4.69) is 10.6 Å². The van der Waals surface area contributed by atoms with E-state index in [4.69, 9.17) is 21.1 Å². The van der Waals surface area contributed by atoms with E-state index >= 15 is 0 Å². The predicted octanol–water partition coefficient (Wildman–Crippen LogP) is 3.72. The van der Waals surface area contributed by atoms with Crippen molar-refractivity contribution in [3.63, 3.8) is 0 Å². The molecule has 166 valence electrons. The number of amides is 2. The molecule has 0 saturated heterocycles. The molecule has 3 rings (SSSR count). The van der Waals surface area contributed by atoms with Crippen molar-refractivity contribution in [2.45, 2.75) is 13.5 Å². The van der Waals surface area contributed by atoms with Crippen LogP contribution in [-0.4, -0.2) is 30.6 Å². The Labute approximate surface area is 189 Å². The first-order valence-corrected chi connectivity index (χ1v) is 9.98. The van der Waals surface area contributed by atoms with Gasteiger partial charge in [-0.15, -0.1) is 0 Å². The fraction of sp³-hybridized carbons (Fsp3) is 0.174. The average Bonchev–Trinajstić information content (AvgIpc) is 2.77. The normalized spacial score (nSPS) is 10.4. The van der Waals surface area contributed by atoms with E-state index in [9.17, 15) is 14.4 Å². The van der Waals surface area contributed by atoms with E-state index in [0.717, 1.165) is 5.56 Å². The molecule has 0 bridgehead atoms. The first-order valence-electron chi connectivity index (χ1n) is 9.60. The topological polar surface area (TPSA) is 98.7 Å². The van der Waals surface area contributed by atoms with E-state index in [-0.39, 0.29) is 23.9 Å². The van der Waals surface area contributed by atoms with Gasteiger partial charge >= 0.3 is 0 Å². The molecule has 2 amide bonds. The lowest BCUT2D eigenvalue weighted by molar-refractivity contribution is -0.116. The summed E-state index contributed by atoms with van der Waals surface area (Å²) in [7, 11) is 2.94. The van der Waals surface area contributed by atoms with Crippen LogP contribution in [0.5, 0.6) is 11.5 Å². The molecule has 0 saturated carbocycles. The van der Waals surface area contributed by atoms with Crippen molar-refractivity contribution in [1.82, 2.24) is 4.57 Å². The molecule has 0 aliphatic carbocycles. The highest BCUT2D eigenvalue weighted by Crippen LogP contribution is 2.36. The molecule has 0 aliphatic heterocycles. The van der Waals surface area contributed by atoms with Crippen LogP contribution in [0.15, 0.2) is 59.5 Å². The minimum atomic E-state index is -0.378. The quantitative estimate of drug-likeness (QED) is 0.565. The zero-order valence-corrected chi connectivity index (χ0v) is 18.5. The van der Waals surface area contributed by atoms with E-state index in [1.165, 1.54) is 24.9 Å². The number of hydrogen-bond donors (Lipinski definition) is 2. The zero-order chi connectivity index (χ0) is 23.3. The van der Waals surface area contributed by atoms with Crippen LogP contribution in [0.4, 0.5) is 11.4 Å². The molecule has 0 atom stereocenters. The molecule has 8 nitrogen and oxygen atoms in total. The number of pyridine rings is 1. The number of aromatic nitrogens is 1. The molecule has 9 heteroatoms. The second-order valence-corrected chi connectivity index (χ2v) is 7.35. The molecule has 32 heavy (non-hydrogen) atoms. The van der Waals surface area contributed by atoms with Crippen molar-refractivity contribution < 1.29 is 19.1 Å². The molecule has 2 N–H and O–H groups in total. The van der Waals surface area contributed by atoms with Gasteiger partial charge in [0.2, 0.25) is 5.91 Å². The van der Waals surface area contributed by atoms with Gasteiger partial charge in [-0.1, -0.05) is 17.7 Å². The van der Waals surface area contributed by atoms with Crippen LogP contribution in [-0.2, 0) is 11.3 Å². The molecule has 0 spiro atoms. The number of hydrogen-bond acceptors (Lipinski definition) is 5. The standard InChI is InChI=1S/C23H22ClN3O5/c1-14-4-9-22(29)27(12-14)13-21(28)25-16-7-5-15(6-8-16)23(30)26-18-11-19(31-2)17(24)10-20(18)32-3/h4-12H,13H2,1-3H3,(H,25,28)(H,26,30). The van der Waals surface area contributed by atoms with E-state index in [1.54, 1.807) is 48.7 Å². The van der Waals surface area contributed by atoms with Gasteiger partial charge in [0.1, 0.15) is 18.0 Å². The minimum Gasteiger partial charge on any atom is -0.495 e. The fourth-order valence-corrected chi connectivity index (χ4v) is 3.22. The van der Waals surface area contributed by atoms with Crippen LogP contribution in [0.3, 0.4) is 0 Å². The van der Waals surface area contributed by atoms with Gasteiger partial charge in [-0.3, -0.25) is 14.4 Å². The lowest BCUT2D eigenvalue weighted by Crippen LogP contribution is -2.26. The molecular weight excluding hydrogens is 434 g/mol. The third kappa shape index (κ3) is 5.47. The Balaban J connectivity index is 1.68. The molecule has 3 aromatic rings. The Kier molecular flexibility index (Phi) is 7.17. The summed E-state index contributed by atoms with van der Waals surface area (Å²) in [6.07, 6.45) is 1.62. The summed E-state index contributed by atoms with van der Waals surface area (Å²) in [5.74, 6) is 0.0535. The minimum absolute atomic E-state index is 0.110. The first-order chi connectivity index (χ1) is 15.3. The second kappa shape index (κ2) is 10.0. The Morgan fingerprint density at radius 1 is 0.969 bits per heavy atom. The highest BCUT2D eigenvalue weighted by Gasteiger charge is 2.14. The van der Waals surface area contributed by atoms with Gasteiger partial charge < -0.3 is 24.7 Å². The number of nitrogens with one attached hydrogen (secondary N) is 2. The maximum atomic E-state index is 12.6. The summed E-state index contributed by atoms with van der Waals surface area (Å²) >= 11 is 6.09. The van der Waals surface area contributed by atoms with Crippen LogP contribution >= 0.6 is 11.6 Å². The summed E-state index contributed by atoms with van der Waals surface area (Å²) in [6, 6.07) is 12.6. The number of benzene rings is 2. The fourth-order valence-electron chi connectivity index (χ4n) is 2.99. The highest BCUT2D eigenvalue weighted by atomic mass is 35.5. The number of carbonyl (C=O) groups is 2. The van der Waals surface area contributed by atoms with Crippen LogP contribution < -0.4 is 25.7 Å². The molecule has 0 radical (unpaired) electrons. The van der Waals surface area contributed by atoms with E-state index in [1.807, 2.05) is 6.92 Å². The van der Waals surface area contributed by atoms with E-state index < -0.39 is 0 Å². The summed E-state index contributed by atoms with van der Waals surface area (Å²) < 4.78 is 11.8. The van der Waals surface area contributed by atoms with Gasteiger partial charge in [0.05, 0.1) is 24.9 Å². The Morgan fingerprint density at radius 3 is 2.31 bits per heavy atom. The van der Waals surface area contributed by atoms with Crippen molar-refractivity contribution in [3.05, 3.63) is 81.2 Å². The third-order valence-electron chi connectivity index (χ3n) is 4.60. The number of anilines is 2. The van der Waals surface area contributed by atoms with Gasteiger partial charge in [-0.2, -0.15) is 0 Å². The van der Waals surface area contributed by atoms with Gasteiger partial charge in [0.15, 0.2) is 0 Å². The van der Waals surface area contributed by atoms with Crippen LogP contribution in [0.1, 0.15) is 15.9 Å². The lowest BCUT2D eigenvalue weighted by atomic mass is 10.2. The number of methoxy groups -OCH3 is 2. The maximum absolute atomic E-state index is 12.6. The van der Waals surface area contributed by atoms with Crippen molar-refractivity contribution in [2.24, 2.45) is 0 Å². The smallest absolute Gasteiger partial charge is 0.255 e. The number of rotatable bonds is 7.